The van der Waals surface area contributed by atoms with Crippen molar-refractivity contribution in [3.8, 4) is 5.75 Å². The molecule has 3 aromatic rings. The highest BCUT2D eigenvalue weighted by Crippen LogP contribution is 2.43. The number of benzene rings is 2. The lowest BCUT2D eigenvalue weighted by molar-refractivity contribution is -0.132. The van der Waals surface area contributed by atoms with Crippen molar-refractivity contribution < 1.29 is 24.2 Å². The van der Waals surface area contributed by atoms with Crippen molar-refractivity contribution >= 4 is 34.7 Å². The van der Waals surface area contributed by atoms with Crippen LogP contribution >= 0.6 is 0 Å². The highest BCUT2D eigenvalue weighted by atomic mass is 16.5. The first-order valence-corrected chi connectivity index (χ1v) is 11.8. The van der Waals surface area contributed by atoms with Gasteiger partial charge in [-0.3, -0.25) is 24.3 Å². The quantitative estimate of drug-likeness (QED) is 0.291. The van der Waals surface area contributed by atoms with Gasteiger partial charge in [0.15, 0.2) is 0 Å². The monoisotopic (exact) mass is 499 g/mol. The second-order valence-electron chi connectivity index (χ2n) is 9.82. The maximum Gasteiger partial charge on any atom is 0.300 e. The number of Topliss-reactive ketones (excluding diaryl/α,β-unsaturated/α-hetero) is 1. The lowest BCUT2D eigenvalue weighted by Gasteiger charge is -2.25. The molecule has 1 fully saturated rings. The molecule has 0 aliphatic carbocycles. The number of aliphatic hydroxyl groups is 1. The third-order valence-electron chi connectivity index (χ3n) is 6.20. The number of nitrogens with one attached hydrogen (secondary N) is 1. The number of pyridine rings is 1. The summed E-state index contributed by atoms with van der Waals surface area (Å²) in [4.78, 5) is 44.0. The number of aromatic nitrogens is 1. The van der Waals surface area contributed by atoms with Crippen LogP contribution in [0, 0.1) is 0 Å². The molecule has 1 atom stereocenters. The maximum absolute atomic E-state index is 13.4. The van der Waals surface area contributed by atoms with E-state index in [1.54, 1.807) is 60.8 Å². The highest BCUT2D eigenvalue weighted by molar-refractivity contribution is 6.51. The zero-order chi connectivity index (χ0) is 26.9. The summed E-state index contributed by atoms with van der Waals surface area (Å²) in [5.74, 6) is -1.82. The Kier molecular flexibility index (Phi) is 6.85. The fourth-order valence-electron chi connectivity index (χ4n) is 4.33. The van der Waals surface area contributed by atoms with E-state index in [4.69, 9.17) is 4.74 Å². The predicted octanol–water partition coefficient (Wildman–Crippen LogP) is 4.97. The molecule has 2 aromatic carbocycles. The molecule has 4 rings (SSSR count). The summed E-state index contributed by atoms with van der Waals surface area (Å²) >= 11 is 0. The standard InChI is InChI=1S/C29H29N3O5/c1-17(33)31-19-10-12-20(13-11-19)32-25(22-8-6-7-15-30-22)24(27(35)28(32)36)26(34)21-16-18(29(2,3)4)9-14-23(21)37-5/h6-16,25,34H,1-5H3,(H,31,33)/b26-24+. The summed E-state index contributed by atoms with van der Waals surface area (Å²) in [6.07, 6.45) is 1.57. The Morgan fingerprint density at radius 2 is 1.76 bits per heavy atom. The van der Waals surface area contributed by atoms with E-state index in [0.29, 0.717) is 28.4 Å². The van der Waals surface area contributed by atoms with E-state index >= 15 is 0 Å². The molecule has 1 unspecified atom stereocenters. The molecule has 0 radical (unpaired) electrons. The van der Waals surface area contributed by atoms with Crippen LogP contribution in [0.4, 0.5) is 11.4 Å². The van der Waals surface area contributed by atoms with E-state index in [2.05, 4.69) is 10.3 Å². The van der Waals surface area contributed by atoms with Gasteiger partial charge in [-0.2, -0.15) is 0 Å². The zero-order valence-corrected chi connectivity index (χ0v) is 21.4. The molecule has 2 amide bonds. The molecule has 190 valence electrons. The molecule has 0 spiro atoms. The molecule has 0 bridgehead atoms. The highest BCUT2D eigenvalue weighted by Gasteiger charge is 2.48. The second kappa shape index (κ2) is 9.89. The Labute approximate surface area is 215 Å². The van der Waals surface area contributed by atoms with Crippen molar-refractivity contribution in [3.05, 3.63) is 89.3 Å². The molecule has 2 heterocycles. The van der Waals surface area contributed by atoms with E-state index < -0.39 is 17.7 Å². The summed E-state index contributed by atoms with van der Waals surface area (Å²) in [7, 11) is 1.48. The van der Waals surface area contributed by atoms with Gasteiger partial charge in [0.2, 0.25) is 5.91 Å². The molecule has 1 aromatic heterocycles. The van der Waals surface area contributed by atoms with Gasteiger partial charge < -0.3 is 15.2 Å². The number of ether oxygens (including phenoxy) is 1. The number of carbonyl (C=O) groups is 3. The minimum atomic E-state index is -0.976. The van der Waals surface area contributed by atoms with Crippen molar-refractivity contribution in [2.75, 3.05) is 17.3 Å². The van der Waals surface area contributed by atoms with Crippen LogP contribution < -0.4 is 15.0 Å². The normalized spacial score (nSPS) is 17.1. The van der Waals surface area contributed by atoms with Crippen molar-refractivity contribution in [2.24, 2.45) is 0 Å². The molecular formula is C29H29N3O5. The summed E-state index contributed by atoms with van der Waals surface area (Å²) in [6.45, 7) is 7.51. The summed E-state index contributed by atoms with van der Waals surface area (Å²) in [5, 5.41) is 14.3. The van der Waals surface area contributed by atoms with E-state index in [-0.39, 0.29) is 22.7 Å². The lowest BCUT2D eigenvalue weighted by atomic mass is 9.85. The molecule has 8 heteroatoms. The largest absolute Gasteiger partial charge is 0.507 e. The Balaban J connectivity index is 1.92. The molecule has 0 saturated carbocycles. The van der Waals surface area contributed by atoms with Crippen LogP contribution in [0.5, 0.6) is 5.75 Å². The third kappa shape index (κ3) is 4.95. The van der Waals surface area contributed by atoms with Crippen LogP contribution in [-0.4, -0.2) is 34.8 Å². The lowest BCUT2D eigenvalue weighted by Crippen LogP contribution is -2.29. The average molecular weight is 500 g/mol. The number of anilines is 2. The Bertz CT molecular complexity index is 1390. The van der Waals surface area contributed by atoms with Gasteiger partial charge in [-0.1, -0.05) is 32.9 Å². The number of hydrogen-bond donors (Lipinski definition) is 2. The van der Waals surface area contributed by atoms with Gasteiger partial charge in [0.1, 0.15) is 17.6 Å². The fourth-order valence-corrected chi connectivity index (χ4v) is 4.33. The summed E-state index contributed by atoms with van der Waals surface area (Å²) < 4.78 is 5.50. The zero-order valence-electron chi connectivity index (χ0n) is 21.4. The average Bonchev–Trinajstić information content (AvgIpc) is 3.13. The van der Waals surface area contributed by atoms with Gasteiger partial charge in [0, 0.05) is 24.5 Å². The molecule has 1 saturated heterocycles. The number of methoxy groups -OCH3 is 1. The van der Waals surface area contributed by atoms with Crippen LogP contribution in [0.15, 0.2) is 72.4 Å². The first kappa shape index (κ1) is 25.6. The molecule has 1 aliphatic rings. The van der Waals surface area contributed by atoms with Crippen molar-refractivity contribution in [2.45, 2.75) is 39.2 Å². The Hall–Kier alpha value is -4.46. The molecule has 1 aliphatic heterocycles. The minimum absolute atomic E-state index is 0.0843. The van der Waals surface area contributed by atoms with E-state index in [0.717, 1.165) is 5.56 Å². The Morgan fingerprint density at radius 3 is 2.32 bits per heavy atom. The van der Waals surface area contributed by atoms with Crippen molar-refractivity contribution in [1.29, 1.82) is 0 Å². The summed E-state index contributed by atoms with van der Waals surface area (Å²) in [5.41, 5.74) is 2.30. The first-order valence-electron chi connectivity index (χ1n) is 11.8. The number of amides is 2. The Morgan fingerprint density at radius 1 is 1.05 bits per heavy atom. The van der Waals surface area contributed by atoms with Crippen LogP contribution in [-0.2, 0) is 19.8 Å². The number of carbonyl (C=O) groups excluding carboxylic acids is 3. The summed E-state index contributed by atoms with van der Waals surface area (Å²) in [6, 6.07) is 16.2. The van der Waals surface area contributed by atoms with Gasteiger partial charge in [-0.25, -0.2) is 0 Å². The number of aliphatic hydroxyl groups excluding tert-OH is 1. The SMILES string of the molecule is COc1ccc(C(C)(C)C)cc1/C(O)=C1\C(=O)C(=O)N(c2ccc(NC(C)=O)cc2)C1c1ccccn1. The fraction of sp³-hybridized carbons (Fsp3) is 0.241. The van der Waals surface area contributed by atoms with Crippen LogP contribution in [0.3, 0.4) is 0 Å². The number of ketones is 1. The number of nitrogens with zero attached hydrogens (tertiary/aromatic N) is 2. The number of hydrogen-bond acceptors (Lipinski definition) is 6. The van der Waals surface area contributed by atoms with Gasteiger partial charge in [-0.15, -0.1) is 0 Å². The van der Waals surface area contributed by atoms with Gasteiger partial charge in [0.05, 0.1) is 23.9 Å². The van der Waals surface area contributed by atoms with Crippen molar-refractivity contribution in [1.82, 2.24) is 4.98 Å². The van der Waals surface area contributed by atoms with Crippen LogP contribution in [0.1, 0.15) is 50.6 Å². The van der Waals surface area contributed by atoms with Crippen molar-refractivity contribution in [3.63, 3.8) is 0 Å². The third-order valence-corrected chi connectivity index (χ3v) is 6.20. The van der Waals surface area contributed by atoms with Gasteiger partial charge in [-0.05, 0) is 59.5 Å². The van der Waals surface area contributed by atoms with Crippen LogP contribution in [0.2, 0.25) is 0 Å². The van der Waals surface area contributed by atoms with Gasteiger partial charge >= 0.3 is 0 Å². The predicted molar refractivity (Wildman–Crippen MR) is 141 cm³/mol. The molecule has 2 N–H and O–H groups in total. The van der Waals surface area contributed by atoms with Crippen LogP contribution in [0.25, 0.3) is 5.76 Å². The van der Waals surface area contributed by atoms with E-state index in [1.807, 2.05) is 26.8 Å². The maximum atomic E-state index is 13.4. The first-order chi connectivity index (χ1) is 17.5. The number of rotatable bonds is 5. The second-order valence-corrected chi connectivity index (χ2v) is 9.82. The molecular weight excluding hydrogens is 470 g/mol. The topological polar surface area (TPSA) is 109 Å². The van der Waals surface area contributed by atoms with Gasteiger partial charge in [0.25, 0.3) is 11.7 Å². The smallest absolute Gasteiger partial charge is 0.300 e. The van der Waals surface area contributed by atoms with E-state index in [1.165, 1.54) is 18.9 Å². The minimum Gasteiger partial charge on any atom is -0.507 e. The molecule has 37 heavy (non-hydrogen) atoms. The van der Waals surface area contributed by atoms with E-state index in [9.17, 15) is 19.5 Å². The molecule has 8 nitrogen and oxygen atoms in total.